The first-order valence-electron chi connectivity index (χ1n) is 10.3. The molecule has 0 aliphatic rings. The molecule has 21 heavy (non-hydrogen) atoms. The lowest BCUT2D eigenvalue weighted by Crippen LogP contribution is -2.09. The zero-order valence-corrected chi connectivity index (χ0v) is 15.8. The minimum Gasteiger partial charge on any atom is -0.0654 e. The maximum Gasteiger partial charge on any atom is -0.0412 e. The van der Waals surface area contributed by atoms with E-state index in [-0.39, 0.29) is 0 Å². The third-order valence-electron chi connectivity index (χ3n) is 5.14. The van der Waals surface area contributed by atoms with E-state index in [9.17, 15) is 0 Å². The third-order valence-corrected chi connectivity index (χ3v) is 5.14. The van der Waals surface area contributed by atoms with E-state index in [1.54, 1.807) is 0 Å². The normalized spacial score (nSPS) is 14.3. The monoisotopic (exact) mass is 296 g/mol. The van der Waals surface area contributed by atoms with E-state index in [1.165, 1.54) is 96.3 Å². The Morgan fingerprint density at radius 3 is 1.57 bits per heavy atom. The van der Waals surface area contributed by atoms with Crippen LogP contribution >= 0.6 is 0 Å². The Morgan fingerprint density at radius 1 is 0.476 bits per heavy atom. The molecule has 0 amide bonds. The Bertz CT molecular complexity index is 184. The van der Waals surface area contributed by atoms with E-state index in [0.29, 0.717) is 0 Å². The molecular weight excluding hydrogens is 252 g/mol. The Labute approximate surface area is 136 Å². The van der Waals surface area contributed by atoms with Crippen LogP contribution in [0.1, 0.15) is 124 Å². The first kappa shape index (κ1) is 21.0. The predicted octanol–water partition coefficient (Wildman–Crippen LogP) is 8.15. The van der Waals surface area contributed by atoms with Gasteiger partial charge in [0.2, 0.25) is 0 Å². The lowest BCUT2D eigenvalue weighted by molar-refractivity contribution is 0.296. The van der Waals surface area contributed by atoms with Crippen LogP contribution in [-0.4, -0.2) is 0 Å². The summed E-state index contributed by atoms with van der Waals surface area (Å²) in [5.74, 6) is 2.03. The SMILES string of the molecule is CCCCCCCC(CC)CC(CCCC)CCCCC. The summed E-state index contributed by atoms with van der Waals surface area (Å²) in [6, 6.07) is 0. The van der Waals surface area contributed by atoms with Crippen molar-refractivity contribution < 1.29 is 0 Å². The van der Waals surface area contributed by atoms with Crippen molar-refractivity contribution in [3.8, 4) is 0 Å². The van der Waals surface area contributed by atoms with Gasteiger partial charge in [0.25, 0.3) is 0 Å². The van der Waals surface area contributed by atoms with Crippen LogP contribution in [0, 0.1) is 11.8 Å². The van der Waals surface area contributed by atoms with E-state index < -0.39 is 0 Å². The zero-order chi connectivity index (χ0) is 15.8. The predicted molar refractivity (Wildman–Crippen MR) is 98.9 cm³/mol. The fourth-order valence-corrected chi connectivity index (χ4v) is 3.55. The fourth-order valence-electron chi connectivity index (χ4n) is 3.55. The lowest BCUT2D eigenvalue weighted by atomic mass is 9.83. The highest BCUT2D eigenvalue weighted by Gasteiger charge is 2.14. The van der Waals surface area contributed by atoms with Crippen LogP contribution in [0.2, 0.25) is 0 Å². The van der Waals surface area contributed by atoms with Crippen LogP contribution in [0.3, 0.4) is 0 Å². The van der Waals surface area contributed by atoms with E-state index in [4.69, 9.17) is 0 Å². The topological polar surface area (TPSA) is 0 Å². The van der Waals surface area contributed by atoms with E-state index in [1.807, 2.05) is 0 Å². The first-order chi connectivity index (χ1) is 10.3. The number of rotatable bonds is 16. The molecule has 0 aromatic carbocycles. The summed E-state index contributed by atoms with van der Waals surface area (Å²) in [5, 5.41) is 0. The summed E-state index contributed by atoms with van der Waals surface area (Å²) < 4.78 is 0. The first-order valence-corrected chi connectivity index (χ1v) is 10.3. The molecule has 0 fully saturated rings. The van der Waals surface area contributed by atoms with Crippen LogP contribution in [0.5, 0.6) is 0 Å². The van der Waals surface area contributed by atoms with Crippen molar-refractivity contribution in [2.45, 2.75) is 124 Å². The second-order valence-corrected chi connectivity index (χ2v) is 7.22. The molecule has 0 saturated heterocycles. The molecule has 0 spiro atoms. The molecule has 0 aliphatic heterocycles. The summed E-state index contributed by atoms with van der Waals surface area (Å²) in [4.78, 5) is 0. The van der Waals surface area contributed by atoms with E-state index in [2.05, 4.69) is 27.7 Å². The third kappa shape index (κ3) is 13.4. The second kappa shape index (κ2) is 16.4. The van der Waals surface area contributed by atoms with Crippen molar-refractivity contribution in [2.24, 2.45) is 11.8 Å². The molecule has 0 N–H and O–H groups in total. The molecule has 0 saturated carbocycles. The van der Waals surface area contributed by atoms with Crippen molar-refractivity contribution >= 4 is 0 Å². The molecule has 0 aliphatic carbocycles. The van der Waals surface area contributed by atoms with Gasteiger partial charge in [-0.25, -0.2) is 0 Å². The summed E-state index contributed by atoms with van der Waals surface area (Å²) in [7, 11) is 0. The van der Waals surface area contributed by atoms with Gasteiger partial charge in [0.05, 0.1) is 0 Å². The summed E-state index contributed by atoms with van der Waals surface area (Å²) in [6.07, 6.45) is 21.7. The summed E-state index contributed by atoms with van der Waals surface area (Å²) in [6.45, 7) is 9.39. The van der Waals surface area contributed by atoms with Gasteiger partial charge in [0, 0.05) is 0 Å². The van der Waals surface area contributed by atoms with Gasteiger partial charge in [-0.3, -0.25) is 0 Å². The summed E-state index contributed by atoms with van der Waals surface area (Å²) in [5.41, 5.74) is 0. The highest BCUT2D eigenvalue weighted by molar-refractivity contribution is 4.67. The highest BCUT2D eigenvalue weighted by Crippen LogP contribution is 2.28. The van der Waals surface area contributed by atoms with Gasteiger partial charge >= 0.3 is 0 Å². The van der Waals surface area contributed by atoms with Crippen molar-refractivity contribution in [1.29, 1.82) is 0 Å². The fraction of sp³-hybridized carbons (Fsp3) is 1.00. The molecule has 0 aromatic rings. The molecule has 0 rings (SSSR count). The lowest BCUT2D eigenvalue weighted by Gasteiger charge is -2.23. The summed E-state index contributed by atoms with van der Waals surface area (Å²) >= 11 is 0. The minimum absolute atomic E-state index is 1.01. The molecule has 0 bridgehead atoms. The molecule has 2 atom stereocenters. The van der Waals surface area contributed by atoms with Crippen molar-refractivity contribution in [2.75, 3.05) is 0 Å². The number of hydrogen-bond donors (Lipinski definition) is 0. The largest absolute Gasteiger partial charge is 0.0654 e. The van der Waals surface area contributed by atoms with Crippen LogP contribution in [0.4, 0.5) is 0 Å². The van der Waals surface area contributed by atoms with Crippen molar-refractivity contribution in [1.82, 2.24) is 0 Å². The van der Waals surface area contributed by atoms with E-state index >= 15 is 0 Å². The molecular formula is C21H44. The second-order valence-electron chi connectivity index (χ2n) is 7.22. The van der Waals surface area contributed by atoms with Gasteiger partial charge in [-0.05, 0) is 18.3 Å². The smallest absolute Gasteiger partial charge is 0.0412 e. The molecule has 0 aromatic heterocycles. The Morgan fingerprint density at radius 2 is 0.952 bits per heavy atom. The van der Waals surface area contributed by atoms with E-state index in [0.717, 1.165) is 11.8 Å². The number of unbranched alkanes of at least 4 members (excludes halogenated alkanes) is 7. The Kier molecular flexibility index (Phi) is 16.4. The zero-order valence-electron chi connectivity index (χ0n) is 15.8. The van der Waals surface area contributed by atoms with Crippen LogP contribution in [-0.2, 0) is 0 Å². The average molecular weight is 297 g/mol. The van der Waals surface area contributed by atoms with Crippen molar-refractivity contribution in [3.05, 3.63) is 0 Å². The molecule has 0 radical (unpaired) electrons. The van der Waals surface area contributed by atoms with Gasteiger partial charge in [0.1, 0.15) is 0 Å². The number of hydrogen-bond acceptors (Lipinski definition) is 0. The highest BCUT2D eigenvalue weighted by atomic mass is 14.2. The molecule has 0 heterocycles. The Balaban J connectivity index is 3.96. The maximum atomic E-state index is 2.42. The van der Waals surface area contributed by atoms with Crippen LogP contribution < -0.4 is 0 Å². The average Bonchev–Trinajstić information content (AvgIpc) is 2.50. The van der Waals surface area contributed by atoms with Gasteiger partial charge in [-0.1, -0.05) is 118 Å². The molecule has 2 unspecified atom stereocenters. The van der Waals surface area contributed by atoms with Gasteiger partial charge < -0.3 is 0 Å². The van der Waals surface area contributed by atoms with Crippen molar-refractivity contribution in [3.63, 3.8) is 0 Å². The van der Waals surface area contributed by atoms with Gasteiger partial charge in [0.15, 0.2) is 0 Å². The standard InChI is InChI=1S/C21H44/c1-5-9-12-13-15-17-20(8-4)19-21(16-11-7-3)18-14-10-6-2/h20-21H,5-19H2,1-4H3. The Hall–Kier alpha value is 0. The van der Waals surface area contributed by atoms with Crippen LogP contribution in [0.25, 0.3) is 0 Å². The molecule has 128 valence electrons. The molecule has 0 heteroatoms. The minimum atomic E-state index is 1.01. The van der Waals surface area contributed by atoms with Gasteiger partial charge in [-0.2, -0.15) is 0 Å². The maximum absolute atomic E-state index is 2.42. The van der Waals surface area contributed by atoms with Gasteiger partial charge in [-0.15, -0.1) is 0 Å². The molecule has 0 nitrogen and oxygen atoms in total. The quantitative estimate of drug-likeness (QED) is 0.252. The van der Waals surface area contributed by atoms with Crippen LogP contribution in [0.15, 0.2) is 0 Å².